The van der Waals surface area contributed by atoms with Crippen LogP contribution in [-0.2, 0) is 32.0 Å². The molecule has 3 N–H and O–H groups in total. The number of alkyl halides is 6. The molecule has 0 aliphatic heterocycles. The van der Waals surface area contributed by atoms with Crippen molar-refractivity contribution in [2.24, 2.45) is 5.92 Å². The normalized spacial score (nSPS) is 13.7. The summed E-state index contributed by atoms with van der Waals surface area (Å²) in [5.41, 5.74) is 0.393. The molecule has 0 aliphatic rings. The second kappa shape index (κ2) is 10.7. The maximum atomic E-state index is 13.0. The molecular weight excluding hydrogens is 488 g/mol. The fraction of sp³-hybridized carbons (Fsp3) is 0.529. The van der Waals surface area contributed by atoms with E-state index in [0.29, 0.717) is 0 Å². The van der Waals surface area contributed by atoms with Gasteiger partial charge >= 0.3 is 12.4 Å². The summed E-state index contributed by atoms with van der Waals surface area (Å²) < 4.78 is 105. The summed E-state index contributed by atoms with van der Waals surface area (Å²) in [7, 11) is -4.99. The number of hydrazine groups is 1. The van der Waals surface area contributed by atoms with Crippen molar-refractivity contribution >= 4 is 33.6 Å². The molecule has 1 rings (SSSR count). The van der Waals surface area contributed by atoms with Gasteiger partial charge in [0.15, 0.2) is 0 Å². The van der Waals surface area contributed by atoms with Gasteiger partial charge in [-0.05, 0) is 36.6 Å². The van der Waals surface area contributed by atoms with Gasteiger partial charge in [0.2, 0.25) is 15.9 Å². The zero-order valence-electron chi connectivity index (χ0n) is 17.0. The molecule has 2 amide bonds. The Balaban J connectivity index is 3.30. The number of benzene rings is 1. The number of thioether (sulfide) groups is 1. The van der Waals surface area contributed by atoms with Crippen molar-refractivity contribution in [3.8, 4) is 0 Å². The first-order chi connectivity index (χ1) is 14.5. The molecule has 7 nitrogen and oxygen atoms in total. The van der Waals surface area contributed by atoms with Crippen molar-refractivity contribution in [2.75, 3.05) is 12.0 Å². The van der Waals surface area contributed by atoms with E-state index in [1.807, 2.05) is 15.6 Å². The molecule has 0 saturated heterocycles. The van der Waals surface area contributed by atoms with Crippen LogP contribution in [0.1, 0.15) is 31.4 Å². The standard InChI is InChI=1S/C17H21F6N3O4S2/c1-9(2)14(27)24-25-15(28)13(4-5-31-3)26-32(29,30)12-7-10(16(18,19)20)6-11(8-12)17(21,22)23/h6-9,13,26H,4-5H2,1-3H3,(H,24,27)(H,25,28)/t13-/m0/s1. The van der Waals surface area contributed by atoms with Gasteiger partial charge in [-0.25, -0.2) is 8.42 Å². The average Bonchev–Trinajstić information content (AvgIpc) is 2.67. The van der Waals surface area contributed by atoms with Crippen LogP contribution in [0.3, 0.4) is 0 Å². The van der Waals surface area contributed by atoms with Crippen LogP contribution >= 0.6 is 11.8 Å². The van der Waals surface area contributed by atoms with Gasteiger partial charge in [-0.2, -0.15) is 42.8 Å². The number of halogens is 6. The van der Waals surface area contributed by atoms with Crippen LogP contribution < -0.4 is 15.6 Å². The Labute approximate surface area is 184 Å². The van der Waals surface area contributed by atoms with Gasteiger partial charge in [-0.15, -0.1) is 0 Å². The molecule has 1 aromatic rings. The number of hydrogen-bond donors (Lipinski definition) is 3. The van der Waals surface area contributed by atoms with Crippen molar-refractivity contribution in [2.45, 2.75) is 43.6 Å². The minimum atomic E-state index is -5.25. The molecule has 15 heteroatoms. The van der Waals surface area contributed by atoms with E-state index in [0.717, 1.165) is 0 Å². The van der Waals surface area contributed by atoms with Crippen molar-refractivity contribution in [3.63, 3.8) is 0 Å². The summed E-state index contributed by atoms with van der Waals surface area (Å²) in [4.78, 5) is 22.6. The molecule has 0 heterocycles. The largest absolute Gasteiger partial charge is 0.416 e. The Morgan fingerprint density at radius 1 is 0.938 bits per heavy atom. The van der Waals surface area contributed by atoms with Crippen LogP contribution in [0, 0.1) is 5.92 Å². The van der Waals surface area contributed by atoms with E-state index < -0.39 is 62.2 Å². The molecule has 182 valence electrons. The van der Waals surface area contributed by atoms with E-state index in [1.54, 1.807) is 6.26 Å². The minimum Gasteiger partial charge on any atom is -0.273 e. The number of carbonyl (C=O) groups excluding carboxylic acids is 2. The lowest BCUT2D eigenvalue weighted by Crippen LogP contribution is -2.53. The molecule has 0 unspecified atom stereocenters. The highest BCUT2D eigenvalue weighted by atomic mass is 32.2. The molecule has 0 aliphatic carbocycles. The summed E-state index contributed by atoms with van der Waals surface area (Å²) in [5.74, 6) is -1.95. The Kier molecular flexibility index (Phi) is 9.41. The smallest absolute Gasteiger partial charge is 0.273 e. The van der Waals surface area contributed by atoms with Gasteiger partial charge < -0.3 is 0 Å². The Bertz CT molecular complexity index is 901. The molecule has 0 saturated carbocycles. The molecule has 1 atom stereocenters. The molecule has 0 aromatic heterocycles. The van der Waals surface area contributed by atoms with Gasteiger partial charge in [-0.1, -0.05) is 13.8 Å². The highest BCUT2D eigenvalue weighted by molar-refractivity contribution is 7.98. The number of amides is 2. The van der Waals surface area contributed by atoms with Gasteiger partial charge in [-0.3, -0.25) is 20.4 Å². The van der Waals surface area contributed by atoms with E-state index in [-0.39, 0.29) is 30.4 Å². The van der Waals surface area contributed by atoms with Crippen LogP contribution in [0.15, 0.2) is 23.1 Å². The maximum Gasteiger partial charge on any atom is 0.416 e. The van der Waals surface area contributed by atoms with Crippen LogP contribution in [0.25, 0.3) is 0 Å². The second-order valence-electron chi connectivity index (χ2n) is 6.83. The Hall–Kier alpha value is -2.00. The molecule has 0 spiro atoms. The monoisotopic (exact) mass is 509 g/mol. The molecule has 0 bridgehead atoms. The molecule has 0 radical (unpaired) electrons. The number of sulfonamides is 1. The first kappa shape index (κ1) is 28.0. The summed E-state index contributed by atoms with van der Waals surface area (Å²) >= 11 is 1.21. The highest BCUT2D eigenvalue weighted by Gasteiger charge is 2.38. The van der Waals surface area contributed by atoms with E-state index >= 15 is 0 Å². The quantitative estimate of drug-likeness (QED) is 0.369. The van der Waals surface area contributed by atoms with Gasteiger partial charge in [0.25, 0.3) is 5.91 Å². The maximum absolute atomic E-state index is 13.0. The first-order valence-corrected chi connectivity index (χ1v) is 11.8. The molecule has 32 heavy (non-hydrogen) atoms. The molecule has 0 fully saturated rings. The molecular formula is C17H21F6N3O4S2. The third kappa shape index (κ3) is 8.16. The number of nitrogens with one attached hydrogen (secondary N) is 3. The Morgan fingerprint density at radius 3 is 1.81 bits per heavy atom. The van der Waals surface area contributed by atoms with Crippen molar-refractivity contribution in [3.05, 3.63) is 29.3 Å². The summed E-state index contributed by atoms with van der Waals surface area (Å²) in [6.45, 7) is 3.03. The van der Waals surface area contributed by atoms with E-state index in [1.165, 1.54) is 25.6 Å². The van der Waals surface area contributed by atoms with Crippen molar-refractivity contribution < 1.29 is 44.3 Å². The van der Waals surface area contributed by atoms with E-state index in [2.05, 4.69) is 0 Å². The van der Waals surface area contributed by atoms with Gasteiger partial charge in [0.05, 0.1) is 16.0 Å². The lowest BCUT2D eigenvalue weighted by atomic mass is 10.1. The number of carbonyl (C=O) groups is 2. The predicted molar refractivity (Wildman–Crippen MR) is 105 cm³/mol. The second-order valence-corrected chi connectivity index (χ2v) is 9.53. The third-order valence-corrected chi connectivity index (χ3v) is 6.02. The first-order valence-electron chi connectivity index (χ1n) is 8.89. The summed E-state index contributed by atoms with van der Waals surface area (Å²) in [6.07, 6.45) is -9.02. The highest BCUT2D eigenvalue weighted by Crippen LogP contribution is 2.37. The van der Waals surface area contributed by atoms with E-state index in [9.17, 15) is 44.3 Å². The van der Waals surface area contributed by atoms with Crippen LogP contribution in [0.5, 0.6) is 0 Å². The SMILES string of the molecule is CSCC[C@H](NS(=O)(=O)c1cc(C(F)(F)F)cc(C(F)(F)F)c1)C(=O)NNC(=O)C(C)C. The van der Waals surface area contributed by atoms with Crippen LogP contribution in [0.4, 0.5) is 26.3 Å². The zero-order valence-corrected chi connectivity index (χ0v) is 18.7. The number of hydrogen-bond acceptors (Lipinski definition) is 5. The minimum absolute atomic E-state index is 0.0433. The van der Waals surface area contributed by atoms with Crippen LogP contribution in [-0.4, -0.2) is 38.3 Å². The van der Waals surface area contributed by atoms with Crippen LogP contribution in [0.2, 0.25) is 0 Å². The number of rotatable bonds is 8. The fourth-order valence-corrected chi connectivity index (χ4v) is 3.94. The molecule has 1 aromatic carbocycles. The lowest BCUT2D eigenvalue weighted by Gasteiger charge is -2.20. The summed E-state index contributed by atoms with van der Waals surface area (Å²) in [6, 6.07) is -1.70. The Morgan fingerprint density at radius 2 is 1.41 bits per heavy atom. The summed E-state index contributed by atoms with van der Waals surface area (Å²) in [5, 5.41) is 0. The van der Waals surface area contributed by atoms with Gasteiger partial charge in [0.1, 0.15) is 6.04 Å². The lowest BCUT2D eigenvalue weighted by molar-refractivity contribution is -0.143. The van der Waals surface area contributed by atoms with Crippen molar-refractivity contribution in [1.29, 1.82) is 0 Å². The predicted octanol–water partition coefficient (Wildman–Crippen LogP) is 2.93. The average molecular weight is 509 g/mol. The zero-order chi connectivity index (χ0) is 24.9. The topological polar surface area (TPSA) is 104 Å². The van der Waals surface area contributed by atoms with Crippen molar-refractivity contribution in [1.82, 2.24) is 15.6 Å². The fourth-order valence-electron chi connectivity index (χ4n) is 2.17. The van der Waals surface area contributed by atoms with Gasteiger partial charge in [0, 0.05) is 5.92 Å². The van der Waals surface area contributed by atoms with E-state index in [4.69, 9.17) is 0 Å². The third-order valence-electron chi connectivity index (χ3n) is 3.93.